The minimum absolute atomic E-state index is 0.0513. The van der Waals surface area contributed by atoms with E-state index in [1.54, 1.807) is 29.7 Å². The number of carbonyl (C=O) groups excluding carboxylic acids is 1. The molecule has 0 saturated heterocycles. The second-order valence-electron chi connectivity index (χ2n) is 6.32. The summed E-state index contributed by atoms with van der Waals surface area (Å²) in [6.45, 7) is 15.7. The summed E-state index contributed by atoms with van der Waals surface area (Å²) >= 11 is 0. The number of allylic oxidation sites excluding steroid dienone is 5. The molecule has 0 unspecified atom stereocenters. The number of nitrogens with zero attached hydrogens (tertiary/aromatic N) is 2. The van der Waals surface area contributed by atoms with Crippen LogP contribution in [0.25, 0.3) is 11.2 Å². The van der Waals surface area contributed by atoms with E-state index in [0.717, 1.165) is 28.5 Å². The molecule has 0 aliphatic carbocycles. The molecular weight excluding hydrogens is 361 g/mol. The van der Waals surface area contributed by atoms with Gasteiger partial charge in [-0.25, -0.2) is 0 Å². The summed E-state index contributed by atoms with van der Waals surface area (Å²) in [6, 6.07) is 3.61. The first kappa shape index (κ1) is 22.4. The van der Waals surface area contributed by atoms with Crippen molar-refractivity contribution >= 4 is 38.2 Å². The zero-order valence-corrected chi connectivity index (χ0v) is 17.0. The quantitative estimate of drug-likeness (QED) is 0.424. The van der Waals surface area contributed by atoms with Gasteiger partial charge in [-0.05, 0) is 0 Å². The SMILES string of the molecule is C=C/C=C\C(Nc1c(C(N)=O)c(-c2bbc(BO)cc2)nn1CC)=C(/C=C)CC. The molecule has 2 rings (SSSR count). The minimum atomic E-state index is -0.572. The number of carbonyl (C=O) groups is 1. The van der Waals surface area contributed by atoms with Crippen molar-refractivity contribution in [1.29, 1.82) is 0 Å². The van der Waals surface area contributed by atoms with Crippen LogP contribution in [0.5, 0.6) is 0 Å². The van der Waals surface area contributed by atoms with Gasteiger partial charge in [-0.3, -0.25) is 0 Å². The van der Waals surface area contributed by atoms with Gasteiger partial charge in [0, 0.05) is 0 Å². The van der Waals surface area contributed by atoms with Gasteiger partial charge in [-0.2, -0.15) is 0 Å². The molecule has 9 heteroatoms. The van der Waals surface area contributed by atoms with Gasteiger partial charge >= 0.3 is 173 Å². The van der Waals surface area contributed by atoms with Gasteiger partial charge in [0.1, 0.15) is 0 Å². The van der Waals surface area contributed by atoms with E-state index < -0.39 is 5.91 Å². The number of primary amides is 1. The molecule has 0 saturated carbocycles. The summed E-state index contributed by atoms with van der Waals surface area (Å²) in [5.74, 6) is -0.0464. The molecule has 0 spiro atoms. The Morgan fingerprint density at radius 2 is 2.14 bits per heavy atom. The average molecular weight is 386 g/mol. The zero-order valence-electron chi connectivity index (χ0n) is 17.0. The van der Waals surface area contributed by atoms with E-state index in [-0.39, 0.29) is 7.48 Å². The molecule has 1 amide bonds. The molecular formula is C20H25B3N4O2. The first-order valence-electron chi connectivity index (χ1n) is 9.53. The van der Waals surface area contributed by atoms with Crippen LogP contribution in [0.2, 0.25) is 0 Å². The molecule has 6 nitrogen and oxygen atoms in total. The molecule has 2 heterocycles. The number of aromatic nitrogens is 2. The molecule has 0 atom stereocenters. The number of nitrogens with one attached hydrogen (secondary N) is 1. The standard InChI is InChI=1S/C20H25B3N4O2/c1-5-9-10-15(13(6-2)7-3)25-20-17(19(24)28)18(26-27(20)8-4)14-11-12-16(23-29)22-21-14/h5-6,9-12,23,25,29H,1-2,7-8H2,3-4H3,(H2,24,28)/b10-9-,15-13-. The Balaban J connectivity index is 2.66. The first-order chi connectivity index (χ1) is 14.0. The van der Waals surface area contributed by atoms with Gasteiger partial charge < -0.3 is 0 Å². The normalized spacial score (nSPS) is 11.6. The van der Waals surface area contributed by atoms with Gasteiger partial charge in [0.2, 0.25) is 0 Å². The molecule has 0 bridgehead atoms. The fraction of sp³-hybridized carbons (Fsp3) is 0.200. The number of hydrogen-bond acceptors (Lipinski definition) is 4. The van der Waals surface area contributed by atoms with Crippen molar-refractivity contribution in [3.05, 3.63) is 66.4 Å². The van der Waals surface area contributed by atoms with Crippen molar-refractivity contribution in [2.24, 2.45) is 5.73 Å². The second kappa shape index (κ2) is 10.6. The molecule has 2 aromatic rings. The third kappa shape index (κ3) is 5.12. The fourth-order valence-electron chi connectivity index (χ4n) is 2.99. The summed E-state index contributed by atoms with van der Waals surface area (Å²) in [5.41, 5.74) is 9.08. The summed E-state index contributed by atoms with van der Waals surface area (Å²) < 4.78 is 1.72. The zero-order chi connectivity index (χ0) is 21.4. The molecule has 0 radical (unpaired) electrons. The van der Waals surface area contributed by atoms with E-state index in [1.807, 2.05) is 38.9 Å². The van der Waals surface area contributed by atoms with Gasteiger partial charge in [0.15, 0.2) is 0 Å². The number of rotatable bonds is 10. The summed E-state index contributed by atoms with van der Waals surface area (Å²) in [4.78, 5) is 12.4. The molecule has 0 aliphatic heterocycles. The van der Waals surface area contributed by atoms with Crippen LogP contribution in [0, 0.1) is 0 Å². The number of aryl methyl sites for hydroxylation is 1. The van der Waals surface area contributed by atoms with Crippen LogP contribution in [0.15, 0.2) is 60.9 Å². The third-order valence-corrected chi connectivity index (χ3v) is 4.53. The van der Waals surface area contributed by atoms with Crippen LogP contribution in [-0.2, 0) is 6.54 Å². The van der Waals surface area contributed by atoms with E-state index in [2.05, 4.69) is 23.6 Å². The van der Waals surface area contributed by atoms with Crippen molar-refractivity contribution in [2.45, 2.75) is 26.8 Å². The monoisotopic (exact) mass is 386 g/mol. The summed E-state index contributed by atoms with van der Waals surface area (Å²) in [6.07, 6.45) is 7.90. The van der Waals surface area contributed by atoms with Crippen molar-refractivity contribution in [3.63, 3.8) is 0 Å². The maximum absolute atomic E-state index is 12.4. The predicted octanol–water partition coefficient (Wildman–Crippen LogP) is 1.32. The molecule has 0 aliphatic rings. The van der Waals surface area contributed by atoms with Crippen LogP contribution in [-0.4, -0.2) is 41.8 Å². The van der Waals surface area contributed by atoms with Crippen molar-refractivity contribution in [3.8, 4) is 11.2 Å². The van der Waals surface area contributed by atoms with Gasteiger partial charge in [-0.15, -0.1) is 0 Å². The van der Waals surface area contributed by atoms with Gasteiger partial charge in [0.25, 0.3) is 0 Å². The first-order valence-corrected chi connectivity index (χ1v) is 9.53. The summed E-state index contributed by atoms with van der Waals surface area (Å²) in [7, 11) is -0.0513. The Morgan fingerprint density at radius 3 is 2.62 bits per heavy atom. The van der Waals surface area contributed by atoms with Crippen LogP contribution in [0.4, 0.5) is 5.82 Å². The second-order valence-corrected chi connectivity index (χ2v) is 6.32. The molecule has 4 N–H and O–H groups in total. The van der Waals surface area contributed by atoms with E-state index in [4.69, 9.17) is 5.73 Å². The van der Waals surface area contributed by atoms with E-state index in [0.29, 0.717) is 23.6 Å². The van der Waals surface area contributed by atoms with Crippen LogP contribution in [0.3, 0.4) is 0 Å². The predicted molar refractivity (Wildman–Crippen MR) is 124 cm³/mol. The van der Waals surface area contributed by atoms with E-state index in [9.17, 15) is 9.82 Å². The Hall–Kier alpha value is -2.93. The molecule has 0 aromatic carbocycles. The van der Waals surface area contributed by atoms with Crippen molar-refractivity contribution in [2.75, 3.05) is 5.32 Å². The maximum atomic E-state index is 12.4. The van der Waals surface area contributed by atoms with Crippen LogP contribution < -0.4 is 16.4 Å². The number of amides is 1. The molecule has 146 valence electrons. The Kier molecular flexibility index (Phi) is 8.15. The van der Waals surface area contributed by atoms with Crippen LogP contribution >= 0.6 is 0 Å². The number of hydrogen-bond donors (Lipinski definition) is 3. The molecule has 2 aromatic heterocycles. The molecule has 0 fully saturated rings. The van der Waals surface area contributed by atoms with Gasteiger partial charge in [-0.1, -0.05) is 0 Å². The van der Waals surface area contributed by atoms with Crippen LogP contribution in [0.1, 0.15) is 30.6 Å². The number of nitrogens with two attached hydrogens (primary N) is 1. The van der Waals surface area contributed by atoms with E-state index >= 15 is 0 Å². The Labute approximate surface area is 173 Å². The fourth-order valence-corrected chi connectivity index (χ4v) is 2.99. The van der Waals surface area contributed by atoms with Crippen molar-refractivity contribution in [1.82, 2.24) is 9.78 Å². The van der Waals surface area contributed by atoms with Gasteiger partial charge in [0.05, 0.1) is 0 Å². The topological polar surface area (TPSA) is 93.2 Å². The third-order valence-electron chi connectivity index (χ3n) is 4.53. The Bertz CT molecular complexity index is 963. The molecule has 29 heavy (non-hydrogen) atoms. The van der Waals surface area contributed by atoms with E-state index in [1.165, 1.54) is 0 Å². The Morgan fingerprint density at radius 1 is 1.38 bits per heavy atom. The summed E-state index contributed by atoms with van der Waals surface area (Å²) in [5, 5.41) is 18.0. The van der Waals surface area contributed by atoms with Crippen molar-refractivity contribution < 1.29 is 9.82 Å². The number of anilines is 1. The average Bonchev–Trinajstić information content (AvgIpc) is 3.11.